The van der Waals surface area contributed by atoms with Gasteiger partial charge in [-0.15, -0.1) is 11.3 Å². The van der Waals surface area contributed by atoms with Gasteiger partial charge in [-0.3, -0.25) is 0 Å². The van der Waals surface area contributed by atoms with Crippen molar-refractivity contribution in [2.45, 2.75) is 0 Å². The summed E-state index contributed by atoms with van der Waals surface area (Å²) >= 11 is 1.88. The Balaban J connectivity index is 1.32. The van der Waals surface area contributed by atoms with Crippen LogP contribution >= 0.6 is 11.3 Å². The predicted octanol–water partition coefficient (Wildman–Crippen LogP) is 14.0. The molecule has 0 atom stereocenters. The molecule has 0 fully saturated rings. The van der Waals surface area contributed by atoms with Gasteiger partial charge in [0, 0.05) is 53.2 Å². The van der Waals surface area contributed by atoms with Gasteiger partial charge in [0.1, 0.15) is 22.5 Å². The third-order valence-electron chi connectivity index (χ3n) is 10.1. The Kier molecular flexibility index (Phi) is 5.57. The van der Waals surface area contributed by atoms with Crippen molar-refractivity contribution in [2.24, 2.45) is 0 Å². The van der Waals surface area contributed by atoms with Crippen molar-refractivity contribution in [2.75, 3.05) is 0 Å². The summed E-state index contributed by atoms with van der Waals surface area (Å²) in [7, 11) is 0. The lowest BCUT2D eigenvalue weighted by atomic mass is 9.84. The maximum Gasteiger partial charge on any atom is 0.147 e. The fourth-order valence-corrected chi connectivity index (χ4v) is 9.26. The number of rotatable bonds is 3. The van der Waals surface area contributed by atoms with Crippen molar-refractivity contribution in [3.63, 3.8) is 0 Å². The molecule has 0 aliphatic rings. The lowest BCUT2D eigenvalue weighted by molar-refractivity contribution is 0.634. The van der Waals surface area contributed by atoms with Gasteiger partial charge < -0.3 is 8.83 Å². The van der Waals surface area contributed by atoms with Crippen LogP contribution in [-0.2, 0) is 0 Å². The van der Waals surface area contributed by atoms with Gasteiger partial charge in [0.25, 0.3) is 0 Å². The zero-order valence-electron chi connectivity index (χ0n) is 26.2. The molecule has 0 saturated heterocycles. The van der Waals surface area contributed by atoms with Gasteiger partial charge in [-0.1, -0.05) is 133 Å². The summed E-state index contributed by atoms with van der Waals surface area (Å²) in [5.74, 6) is 0.864. The molecule has 11 rings (SSSR count). The third-order valence-corrected chi connectivity index (χ3v) is 11.3. The van der Waals surface area contributed by atoms with Crippen molar-refractivity contribution in [1.29, 1.82) is 0 Å². The first-order valence-corrected chi connectivity index (χ1v) is 17.4. The lowest BCUT2D eigenvalue weighted by Gasteiger charge is -2.18. The molecule has 11 aromatic rings. The van der Waals surface area contributed by atoms with Gasteiger partial charge >= 0.3 is 0 Å². The van der Waals surface area contributed by atoms with E-state index in [9.17, 15) is 0 Å². The number of thiophene rings is 1. The second-order valence-corrected chi connectivity index (χ2v) is 13.8. The Bertz CT molecular complexity index is 3050. The summed E-state index contributed by atoms with van der Waals surface area (Å²) in [6.07, 6.45) is 0. The molecule has 0 spiro atoms. The van der Waals surface area contributed by atoms with E-state index in [4.69, 9.17) is 8.83 Å². The van der Waals surface area contributed by atoms with E-state index < -0.39 is 0 Å². The highest BCUT2D eigenvalue weighted by atomic mass is 32.1. The molecule has 49 heavy (non-hydrogen) atoms. The summed E-state index contributed by atoms with van der Waals surface area (Å²) in [6.45, 7) is 0. The van der Waals surface area contributed by atoms with Crippen molar-refractivity contribution >= 4 is 86.0 Å². The first-order valence-electron chi connectivity index (χ1n) is 16.6. The quantitative estimate of drug-likeness (QED) is 0.179. The molecule has 0 saturated carbocycles. The summed E-state index contributed by atoms with van der Waals surface area (Å²) in [4.78, 5) is 0. The molecule has 3 heteroatoms. The van der Waals surface area contributed by atoms with E-state index >= 15 is 0 Å². The highest BCUT2D eigenvalue weighted by Crippen LogP contribution is 2.52. The van der Waals surface area contributed by atoms with Crippen LogP contribution in [0, 0.1) is 0 Å². The maximum absolute atomic E-state index is 7.07. The largest absolute Gasteiger partial charge is 0.456 e. The molecule has 2 nitrogen and oxygen atoms in total. The van der Waals surface area contributed by atoms with Gasteiger partial charge in [-0.25, -0.2) is 0 Å². The smallest absolute Gasteiger partial charge is 0.147 e. The maximum atomic E-state index is 7.07. The number of furan rings is 2. The first-order chi connectivity index (χ1) is 24.3. The second-order valence-electron chi connectivity index (χ2n) is 12.7. The predicted molar refractivity (Wildman–Crippen MR) is 208 cm³/mol. The Morgan fingerprint density at radius 3 is 1.73 bits per heavy atom. The fraction of sp³-hybridized carbons (Fsp3) is 0. The van der Waals surface area contributed by atoms with E-state index in [1.807, 2.05) is 23.5 Å². The first kappa shape index (κ1) is 26.9. The Morgan fingerprint density at radius 1 is 0.367 bits per heavy atom. The second kappa shape index (κ2) is 10.2. The fourth-order valence-electron chi connectivity index (χ4n) is 8.04. The van der Waals surface area contributed by atoms with Crippen LogP contribution in [0.25, 0.3) is 108 Å². The van der Waals surface area contributed by atoms with Crippen LogP contribution in [0.1, 0.15) is 0 Å². The zero-order chi connectivity index (χ0) is 32.1. The van der Waals surface area contributed by atoms with Crippen LogP contribution in [-0.4, -0.2) is 0 Å². The molecule has 228 valence electrons. The highest BCUT2D eigenvalue weighted by Gasteiger charge is 2.26. The van der Waals surface area contributed by atoms with E-state index in [2.05, 4.69) is 146 Å². The molecule has 0 unspecified atom stereocenters. The third kappa shape index (κ3) is 3.76. The van der Waals surface area contributed by atoms with Gasteiger partial charge in [0.05, 0.1) is 5.39 Å². The van der Waals surface area contributed by atoms with Gasteiger partial charge in [0.15, 0.2) is 0 Å². The van der Waals surface area contributed by atoms with Gasteiger partial charge in [-0.2, -0.15) is 0 Å². The average Bonchev–Trinajstić information content (AvgIpc) is 3.86. The van der Waals surface area contributed by atoms with Crippen LogP contribution in [0.15, 0.2) is 167 Å². The minimum atomic E-state index is 0.829. The minimum absolute atomic E-state index is 0.829. The number of para-hydroxylation sites is 1. The highest BCUT2D eigenvalue weighted by molar-refractivity contribution is 7.26. The van der Waals surface area contributed by atoms with E-state index in [1.165, 1.54) is 58.4 Å². The van der Waals surface area contributed by atoms with Crippen LogP contribution in [0.3, 0.4) is 0 Å². The van der Waals surface area contributed by atoms with Gasteiger partial charge in [-0.05, 0) is 51.4 Å². The summed E-state index contributed by atoms with van der Waals surface area (Å²) in [5.41, 5.74) is 8.41. The van der Waals surface area contributed by atoms with Crippen molar-refractivity contribution in [1.82, 2.24) is 0 Å². The Morgan fingerprint density at radius 2 is 0.980 bits per heavy atom. The molecule has 8 aromatic carbocycles. The van der Waals surface area contributed by atoms with Crippen LogP contribution in [0.4, 0.5) is 0 Å². The van der Waals surface area contributed by atoms with E-state index in [-0.39, 0.29) is 0 Å². The molecule has 3 aromatic heterocycles. The molecule has 0 bridgehead atoms. The average molecular weight is 643 g/mol. The lowest BCUT2D eigenvalue weighted by Crippen LogP contribution is -1.91. The van der Waals surface area contributed by atoms with Crippen LogP contribution in [0.5, 0.6) is 0 Å². The molecular formula is C46H26O2S. The van der Waals surface area contributed by atoms with Crippen molar-refractivity contribution in [3.05, 3.63) is 158 Å². The number of hydrogen-bond acceptors (Lipinski definition) is 3. The summed E-state index contributed by atoms with van der Waals surface area (Å²) in [6, 6.07) is 56.4. The molecule has 0 aliphatic heterocycles. The Labute approximate surface area is 285 Å². The number of hydrogen-bond donors (Lipinski definition) is 0. The number of benzene rings is 8. The molecule has 3 heterocycles. The minimum Gasteiger partial charge on any atom is -0.456 e. The summed E-state index contributed by atoms with van der Waals surface area (Å²) < 4.78 is 16.0. The topological polar surface area (TPSA) is 26.3 Å². The number of fused-ring (bicyclic) bond motifs is 10. The SMILES string of the molecule is c1ccc(-c2oc3c(ccc4oc5ccccc5c43)c2-c2c3ccccc3c(-c3cccc4c3sc3ccccc34)c3ccccc23)cc1. The monoisotopic (exact) mass is 642 g/mol. The van der Waals surface area contributed by atoms with Crippen molar-refractivity contribution in [3.8, 4) is 33.6 Å². The van der Waals surface area contributed by atoms with Gasteiger partial charge in [0.2, 0.25) is 0 Å². The van der Waals surface area contributed by atoms with Crippen LogP contribution < -0.4 is 0 Å². The molecule has 0 aliphatic carbocycles. The normalized spacial score (nSPS) is 12.1. The molecule has 0 amide bonds. The van der Waals surface area contributed by atoms with Crippen molar-refractivity contribution < 1.29 is 8.83 Å². The summed E-state index contributed by atoms with van der Waals surface area (Å²) in [5, 5.41) is 10.6. The molecule has 0 N–H and O–H groups in total. The molecule has 0 radical (unpaired) electrons. The standard InChI is InChI=1S/C46H26O2S/c1-2-13-27(14-3-1)44-43(35-25-26-38-42(45(35)48-44)34-20-8-10-23-37(34)47-38)41-31-18-6-4-16-29(31)40(30-17-5-7-19-32(30)41)36-22-12-21-33-28-15-9-11-24-39(28)49-46(33)36/h1-26H. The van der Waals surface area contributed by atoms with Crippen LogP contribution in [0.2, 0.25) is 0 Å². The molecular weight excluding hydrogens is 617 g/mol. The Hall–Kier alpha value is -6.16. The van der Waals surface area contributed by atoms with E-state index in [0.717, 1.165) is 49.8 Å². The van der Waals surface area contributed by atoms with E-state index in [0.29, 0.717) is 0 Å². The zero-order valence-corrected chi connectivity index (χ0v) is 27.1. The van der Waals surface area contributed by atoms with E-state index in [1.54, 1.807) is 0 Å².